The van der Waals surface area contributed by atoms with Crippen molar-refractivity contribution in [3.63, 3.8) is 0 Å². The lowest BCUT2D eigenvalue weighted by atomic mass is 10.2. The van der Waals surface area contributed by atoms with E-state index in [1.165, 1.54) is 12.8 Å². The maximum absolute atomic E-state index is 11.9. The van der Waals surface area contributed by atoms with Gasteiger partial charge in [0.2, 0.25) is 0 Å². The summed E-state index contributed by atoms with van der Waals surface area (Å²) in [7, 11) is 0. The lowest BCUT2D eigenvalue weighted by molar-refractivity contribution is 0.188. The van der Waals surface area contributed by atoms with Crippen molar-refractivity contribution < 1.29 is 4.79 Å². The minimum absolute atomic E-state index is 0.0234. The van der Waals surface area contributed by atoms with Crippen LogP contribution in [0.3, 0.4) is 0 Å². The van der Waals surface area contributed by atoms with Gasteiger partial charge in [0.05, 0.1) is 6.54 Å². The van der Waals surface area contributed by atoms with Crippen LogP contribution in [0.25, 0.3) is 0 Å². The predicted octanol–water partition coefficient (Wildman–Crippen LogP) is 1.28. The van der Waals surface area contributed by atoms with Gasteiger partial charge < -0.3 is 16.0 Å². The zero-order valence-electron chi connectivity index (χ0n) is 10.1. The van der Waals surface area contributed by atoms with E-state index in [9.17, 15) is 4.79 Å². The Morgan fingerprint density at radius 2 is 2.06 bits per heavy atom. The Labute approximate surface area is 96.9 Å². The van der Waals surface area contributed by atoms with Crippen molar-refractivity contribution in [3.05, 3.63) is 0 Å². The molecule has 1 saturated carbocycles. The minimum atomic E-state index is -0.0999. The topological polar surface area (TPSA) is 82.2 Å². The fourth-order valence-corrected chi connectivity index (χ4v) is 2.00. The Hall–Kier alpha value is -1.26. The summed E-state index contributed by atoms with van der Waals surface area (Å²) in [6.07, 6.45) is 4.52. The van der Waals surface area contributed by atoms with Gasteiger partial charge in [-0.15, -0.1) is 0 Å². The second-order valence-corrected chi connectivity index (χ2v) is 4.68. The van der Waals surface area contributed by atoms with Gasteiger partial charge in [-0.3, -0.25) is 5.41 Å². The minimum Gasteiger partial charge on any atom is -0.386 e. The summed E-state index contributed by atoms with van der Waals surface area (Å²) in [5, 5.41) is 10.3. The molecular formula is C11H22N4O. The molecule has 92 valence electrons. The normalized spacial score (nSPS) is 16.4. The summed E-state index contributed by atoms with van der Waals surface area (Å²) >= 11 is 0. The Kier molecular flexibility index (Phi) is 4.58. The van der Waals surface area contributed by atoms with Crippen LogP contribution >= 0.6 is 0 Å². The third-order valence-electron chi connectivity index (χ3n) is 2.91. The molecule has 0 heterocycles. The van der Waals surface area contributed by atoms with Crippen molar-refractivity contribution in [1.82, 2.24) is 10.2 Å². The molecule has 5 nitrogen and oxygen atoms in total. The fraction of sp³-hybridized carbons (Fsp3) is 0.818. The van der Waals surface area contributed by atoms with Gasteiger partial charge in [0.25, 0.3) is 0 Å². The molecule has 4 N–H and O–H groups in total. The highest BCUT2D eigenvalue weighted by atomic mass is 16.2. The summed E-state index contributed by atoms with van der Waals surface area (Å²) < 4.78 is 0. The molecule has 2 amide bonds. The lowest BCUT2D eigenvalue weighted by Crippen LogP contribution is -2.49. The van der Waals surface area contributed by atoms with E-state index in [0.717, 1.165) is 12.8 Å². The Morgan fingerprint density at radius 3 is 2.50 bits per heavy atom. The number of nitrogens with one attached hydrogen (secondary N) is 2. The molecule has 5 heteroatoms. The Morgan fingerprint density at radius 1 is 1.50 bits per heavy atom. The second-order valence-electron chi connectivity index (χ2n) is 4.68. The van der Waals surface area contributed by atoms with Gasteiger partial charge in [-0.05, 0) is 26.7 Å². The maximum Gasteiger partial charge on any atom is 0.318 e. The van der Waals surface area contributed by atoms with E-state index in [2.05, 4.69) is 5.32 Å². The molecule has 0 atom stereocenters. The first kappa shape index (κ1) is 12.8. The molecule has 1 fully saturated rings. The molecule has 0 aliphatic heterocycles. The van der Waals surface area contributed by atoms with Crippen LogP contribution < -0.4 is 11.1 Å². The summed E-state index contributed by atoms with van der Waals surface area (Å²) in [6.45, 7) is 4.06. The van der Waals surface area contributed by atoms with E-state index in [-0.39, 0.29) is 24.5 Å². The standard InChI is InChI=1S/C11H22N4O/c1-8(2)15(7-10(12)13)11(16)14-9-5-3-4-6-9/h8-9H,3-7H2,1-2H3,(H3,12,13)(H,14,16). The highest BCUT2D eigenvalue weighted by Gasteiger charge is 2.22. The number of carbonyl (C=O) groups is 1. The molecule has 1 aliphatic carbocycles. The first-order chi connectivity index (χ1) is 7.50. The number of carbonyl (C=O) groups excluding carboxylic acids is 1. The van der Waals surface area contributed by atoms with Crippen LogP contribution in [0.4, 0.5) is 4.79 Å². The molecular weight excluding hydrogens is 204 g/mol. The molecule has 0 aromatic heterocycles. The van der Waals surface area contributed by atoms with Crippen molar-refractivity contribution in [3.8, 4) is 0 Å². The number of amides is 2. The third-order valence-corrected chi connectivity index (χ3v) is 2.91. The highest BCUT2D eigenvalue weighted by molar-refractivity contribution is 5.84. The summed E-state index contributed by atoms with van der Waals surface area (Å²) in [4.78, 5) is 13.5. The summed E-state index contributed by atoms with van der Waals surface area (Å²) in [5.74, 6) is 0.0234. The number of nitrogens with two attached hydrogens (primary N) is 1. The van der Waals surface area contributed by atoms with Gasteiger partial charge >= 0.3 is 6.03 Å². The Balaban J connectivity index is 2.49. The first-order valence-electron chi connectivity index (χ1n) is 5.90. The van der Waals surface area contributed by atoms with Crippen LogP contribution in [0.5, 0.6) is 0 Å². The lowest BCUT2D eigenvalue weighted by Gasteiger charge is -2.28. The van der Waals surface area contributed by atoms with Crippen LogP contribution in [0.1, 0.15) is 39.5 Å². The first-order valence-corrected chi connectivity index (χ1v) is 5.90. The van der Waals surface area contributed by atoms with Crippen LogP contribution in [0.2, 0.25) is 0 Å². The largest absolute Gasteiger partial charge is 0.386 e. The number of amidine groups is 1. The van der Waals surface area contributed by atoms with Crippen molar-refractivity contribution >= 4 is 11.9 Å². The van der Waals surface area contributed by atoms with Crippen LogP contribution in [0.15, 0.2) is 0 Å². The highest BCUT2D eigenvalue weighted by Crippen LogP contribution is 2.18. The van der Waals surface area contributed by atoms with Gasteiger partial charge in [0.15, 0.2) is 0 Å². The predicted molar refractivity (Wildman–Crippen MR) is 64.5 cm³/mol. The molecule has 16 heavy (non-hydrogen) atoms. The van der Waals surface area contributed by atoms with Crippen molar-refractivity contribution in [2.75, 3.05) is 6.54 Å². The fourth-order valence-electron chi connectivity index (χ4n) is 2.00. The molecule has 0 aromatic rings. The monoisotopic (exact) mass is 226 g/mol. The molecule has 1 aliphatic rings. The molecule has 0 aromatic carbocycles. The van der Waals surface area contributed by atoms with Crippen molar-refractivity contribution in [2.24, 2.45) is 5.73 Å². The molecule has 0 radical (unpaired) electrons. The van der Waals surface area contributed by atoms with Gasteiger partial charge in [0, 0.05) is 12.1 Å². The number of urea groups is 1. The van der Waals surface area contributed by atoms with Crippen LogP contribution in [0, 0.1) is 5.41 Å². The number of nitrogens with zero attached hydrogens (tertiary/aromatic N) is 1. The van der Waals surface area contributed by atoms with E-state index < -0.39 is 0 Å². The third kappa shape index (κ3) is 3.72. The van der Waals surface area contributed by atoms with E-state index in [1.807, 2.05) is 13.8 Å². The average Bonchev–Trinajstić information content (AvgIpc) is 2.65. The number of rotatable bonds is 4. The SMILES string of the molecule is CC(C)N(CC(=N)N)C(=O)NC1CCCC1. The molecule has 1 rings (SSSR count). The van der Waals surface area contributed by atoms with Crippen molar-refractivity contribution in [2.45, 2.75) is 51.6 Å². The maximum atomic E-state index is 11.9. The Bertz CT molecular complexity index is 259. The molecule has 0 saturated heterocycles. The summed E-state index contributed by atoms with van der Waals surface area (Å²) in [6, 6.07) is 0.267. The second kappa shape index (κ2) is 5.72. The number of hydrogen-bond donors (Lipinski definition) is 3. The van der Waals surface area contributed by atoms with E-state index >= 15 is 0 Å². The van der Waals surface area contributed by atoms with Gasteiger partial charge in [0.1, 0.15) is 5.84 Å². The van der Waals surface area contributed by atoms with Crippen LogP contribution in [-0.2, 0) is 0 Å². The molecule has 0 spiro atoms. The molecule has 0 bridgehead atoms. The number of hydrogen-bond acceptors (Lipinski definition) is 2. The van der Waals surface area contributed by atoms with Crippen LogP contribution in [-0.4, -0.2) is 35.4 Å². The smallest absolute Gasteiger partial charge is 0.318 e. The van der Waals surface area contributed by atoms with E-state index in [1.54, 1.807) is 4.90 Å². The zero-order chi connectivity index (χ0) is 12.1. The zero-order valence-corrected chi connectivity index (χ0v) is 10.1. The van der Waals surface area contributed by atoms with Gasteiger partial charge in [-0.25, -0.2) is 4.79 Å². The summed E-state index contributed by atoms with van der Waals surface area (Å²) in [5.41, 5.74) is 5.34. The average molecular weight is 226 g/mol. The van der Waals surface area contributed by atoms with E-state index in [4.69, 9.17) is 11.1 Å². The molecule has 0 unspecified atom stereocenters. The van der Waals surface area contributed by atoms with Gasteiger partial charge in [-0.2, -0.15) is 0 Å². The van der Waals surface area contributed by atoms with E-state index in [0.29, 0.717) is 6.04 Å². The quantitative estimate of drug-likeness (QED) is 0.498. The van der Waals surface area contributed by atoms with Gasteiger partial charge in [-0.1, -0.05) is 12.8 Å². The van der Waals surface area contributed by atoms with Crippen molar-refractivity contribution in [1.29, 1.82) is 5.41 Å².